The number of hydrogen-bond acceptors (Lipinski definition) is 4. The van der Waals surface area contributed by atoms with Crippen molar-refractivity contribution in [3.8, 4) is 0 Å². The summed E-state index contributed by atoms with van der Waals surface area (Å²) < 4.78 is 16.6. The van der Waals surface area contributed by atoms with Crippen molar-refractivity contribution < 1.29 is 14.5 Å². The molecule has 2 aromatic carbocycles. The van der Waals surface area contributed by atoms with E-state index in [9.17, 15) is 14.5 Å². The first-order valence-electron chi connectivity index (χ1n) is 7.55. The fourth-order valence-corrected chi connectivity index (χ4v) is 4.38. The van der Waals surface area contributed by atoms with Gasteiger partial charge in [0.2, 0.25) is 0 Å². The molecule has 0 saturated carbocycles. The first-order chi connectivity index (χ1) is 12.1. The summed E-state index contributed by atoms with van der Waals surface area (Å²) in [5, 5.41) is 9.82. The minimum Gasteiger partial charge on any atom is -0.591 e. The second-order valence-corrected chi connectivity index (χ2v) is 10.6. The van der Waals surface area contributed by atoms with Crippen molar-refractivity contribution in [1.29, 1.82) is 0 Å². The fourth-order valence-electron chi connectivity index (χ4n) is 1.89. The van der Waals surface area contributed by atoms with Crippen molar-refractivity contribution in [3.05, 3.63) is 57.0 Å². The molecule has 0 aliphatic carbocycles. The molecule has 0 saturated heterocycles. The van der Waals surface area contributed by atoms with Gasteiger partial charge in [-0.1, -0.05) is 55.8 Å². The van der Waals surface area contributed by atoms with Crippen LogP contribution in [-0.4, -0.2) is 26.6 Å². The SMILES string of the molecule is CC(C)(C)[S+]([O-])N=Cc1cc(Br)cc(Cl)c1Sc1ccccc1C(=O)O. The van der Waals surface area contributed by atoms with Gasteiger partial charge >= 0.3 is 5.97 Å². The van der Waals surface area contributed by atoms with Gasteiger partial charge in [-0.2, -0.15) is 0 Å². The van der Waals surface area contributed by atoms with E-state index in [4.69, 9.17) is 11.6 Å². The fraction of sp³-hybridized carbons (Fsp3) is 0.222. The van der Waals surface area contributed by atoms with Crippen molar-refractivity contribution in [2.24, 2.45) is 4.40 Å². The Morgan fingerprint density at radius 1 is 1.35 bits per heavy atom. The lowest BCUT2D eigenvalue weighted by atomic mass is 10.2. The Hall–Kier alpha value is -0.990. The molecule has 2 rings (SSSR count). The van der Waals surface area contributed by atoms with E-state index < -0.39 is 22.1 Å². The number of carbonyl (C=O) groups is 1. The molecular formula is C18H17BrClNO3S2. The maximum Gasteiger partial charge on any atom is 0.336 e. The first kappa shape index (κ1) is 21.3. The van der Waals surface area contributed by atoms with Crippen molar-refractivity contribution in [3.63, 3.8) is 0 Å². The van der Waals surface area contributed by atoms with E-state index in [-0.39, 0.29) is 5.56 Å². The summed E-state index contributed by atoms with van der Waals surface area (Å²) in [4.78, 5) is 12.7. The van der Waals surface area contributed by atoms with Crippen LogP contribution in [-0.2, 0) is 11.4 Å². The predicted octanol–water partition coefficient (Wildman–Crippen LogP) is 5.83. The average Bonchev–Trinajstić information content (AvgIpc) is 2.54. The van der Waals surface area contributed by atoms with Crippen LogP contribution in [0.25, 0.3) is 0 Å². The van der Waals surface area contributed by atoms with E-state index in [1.54, 1.807) is 36.4 Å². The summed E-state index contributed by atoms with van der Waals surface area (Å²) in [6.45, 7) is 5.52. The van der Waals surface area contributed by atoms with Gasteiger partial charge in [-0.3, -0.25) is 0 Å². The van der Waals surface area contributed by atoms with Gasteiger partial charge in [-0.25, -0.2) is 4.79 Å². The van der Waals surface area contributed by atoms with Crippen molar-refractivity contribution in [1.82, 2.24) is 0 Å². The van der Waals surface area contributed by atoms with Gasteiger partial charge in [0.25, 0.3) is 0 Å². The van der Waals surface area contributed by atoms with E-state index in [0.717, 1.165) is 4.47 Å². The van der Waals surface area contributed by atoms with Gasteiger partial charge in [-0.05, 0) is 45.0 Å². The second-order valence-electron chi connectivity index (χ2n) is 6.31. The highest BCUT2D eigenvalue weighted by Gasteiger charge is 2.26. The molecule has 0 heterocycles. The van der Waals surface area contributed by atoms with Crippen LogP contribution in [0.5, 0.6) is 0 Å². The number of carboxylic acids is 1. The second kappa shape index (κ2) is 8.80. The van der Waals surface area contributed by atoms with Crippen LogP contribution in [0.1, 0.15) is 36.7 Å². The molecule has 1 atom stereocenters. The van der Waals surface area contributed by atoms with Crippen LogP contribution in [0.4, 0.5) is 0 Å². The third kappa shape index (κ3) is 5.50. The first-order valence-corrected chi connectivity index (χ1v) is 10.6. The Balaban J connectivity index is 2.46. The number of halogens is 2. The van der Waals surface area contributed by atoms with Crippen LogP contribution in [0.2, 0.25) is 5.02 Å². The molecule has 0 fully saturated rings. The Morgan fingerprint density at radius 3 is 2.62 bits per heavy atom. The lowest BCUT2D eigenvalue weighted by molar-refractivity contribution is 0.0693. The predicted molar refractivity (Wildman–Crippen MR) is 112 cm³/mol. The molecule has 8 heteroatoms. The smallest absolute Gasteiger partial charge is 0.336 e. The molecule has 26 heavy (non-hydrogen) atoms. The molecule has 0 aliphatic rings. The summed E-state index contributed by atoms with van der Waals surface area (Å²) in [7, 11) is 0. The molecule has 1 N–H and O–H groups in total. The normalized spacial score (nSPS) is 13.2. The van der Waals surface area contributed by atoms with Crippen molar-refractivity contribution >= 4 is 62.8 Å². The summed E-state index contributed by atoms with van der Waals surface area (Å²) >= 11 is 9.61. The third-order valence-corrected chi connectivity index (χ3v) is 6.63. The molecule has 4 nitrogen and oxygen atoms in total. The highest BCUT2D eigenvalue weighted by molar-refractivity contribution is 9.10. The molecule has 0 aromatic heterocycles. The van der Waals surface area contributed by atoms with Crippen molar-refractivity contribution in [2.75, 3.05) is 0 Å². The zero-order valence-corrected chi connectivity index (χ0v) is 18.3. The number of carboxylic acid groups (broad SMARTS) is 1. The molecule has 0 radical (unpaired) electrons. The number of aromatic carboxylic acids is 1. The monoisotopic (exact) mass is 473 g/mol. The summed E-state index contributed by atoms with van der Waals surface area (Å²) in [5.74, 6) is -1.01. The number of rotatable bonds is 5. The van der Waals surface area contributed by atoms with E-state index in [2.05, 4.69) is 20.3 Å². The van der Waals surface area contributed by atoms with Gasteiger partial charge in [-0.15, -0.1) is 0 Å². The van der Waals surface area contributed by atoms with Gasteiger partial charge < -0.3 is 9.66 Å². The van der Waals surface area contributed by atoms with E-state index >= 15 is 0 Å². The minimum absolute atomic E-state index is 0.192. The van der Waals surface area contributed by atoms with Gasteiger partial charge in [0, 0.05) is 19.8 Å². The Kier molecular flexibility index (Phi) is 7.21. The molecule has 2 aromatic rings. The maximum absolute atomic E-state index is 12.2. The van der Waals surface area contributed by atoms with Gasteiger partial charge in [0.05, 0.1) is 16.8 Å². The summed E-state index contributed by atoms with van der Waals surface area (Å²) in [6, 6.07) is 10.2. The molecular weight excluding hydrogens is 458 g/mol. The van der Waals surface area contributed by atoms with E-state index in [1.165, 1.54) is 18.0 Å². The summed E-state index contributed by atoms with van der Waals surface area (Å²) in [6.07, 6.45) is 1.52. The quantitative estimate of drug-likeness (QED) is 0.437. The van der Waals surface area contributed by atoms with Crippen LogP contribution in [0, 0.1) is 0 Å². The lowest BCUT2D eigenvalue weighted by Crippen LogP contribution is -2.25. The molecule has 0 amide bonds. The largest absolute Gasteiger partial charge is 0.591 e. The molecule has 0 aliphatic heterocycles. The standard InChI is InChI=1S/C18H17BrClNO3S2/c1-18(2,3)26(24)21-10-11-8-12(19)9-14(20)16(11)25-15-7-5-4-6-13(15)17(22)23/h4-10H,1-3H3,(H,22,23). The molecule has 0 bridgehead atoms. The molecule has 1 unspecified atom stereocenters. The zero-order valence-electron chi connectivity index (χ0n) is 14.3. The zero-order chi connectivity index (χ0) is 19.5. The van der Waals surface area contributed by atoms with E-state index in [0.29, 0.717) is 20.4 Å². The van der Waals surface area contributed by atoms with Crippen molar-refractivity contribution in [2.45, 2.75) is 35.3 Å². The van der Waals surface area contributed by atoms with Crippen LogP contribution >= 0.6 is 39.3 Å². The molecule has 0 spiro atoms. The molecule has 138 valence electrons. The lowest BCUT2D eigenvalue weighted by Gasteiger charge is -2.18. The summed E-state index contributed by atoms with van der Waals surface area (Å²) in [5.41, 5.74) is 0.852. The average molecular weight is 475 g/mol. The Labute approximate surface area is 173 Å². The Bertz CT molecular complexity index is 853. The number of hydrogen-bond donors (Lipinski definition) is 1. The van der Waals surface area contributed by atoms with E-state index in [1.807, 2.05) is 20.8 Å². The minimum atomic E-state index is -1.41. The highest BCUT2D eigenvalue weighted by Crippen LogP contribution is 2.39. The topological polar surface area (TPSA) is 72.7 Å². The van der Waals surface area contributed by atoms with Crippen LogP contribution in [0.15, 0.2) is 55.1 Å². The third-order valence-electron chi connectivity index (χ3n) is 3.18. The number of nitrogens with zero attached hydrogens (tertiary/aromatic N) is 1. The Morgan fingerprint density at radius 2 is 2.00 bits per heavy atom. The van der Waals surface area contributed by atoms with Gasteiger partial charge in [0.15, 0.2) is 0 Å². The van der Waals surface area contributed by atoms with Crippen LogP contribution < -0.4 is 0 Å². The van der Waals surface area contributed by atoms with Crippen LogP contribution in [0.3, 0.4) is 0 Å². The highest BCUT2D eigenvalue weighted by atomic mass is 79.9. The maximum atomic E-state index is 12.2. The van der Waals surface area contributed by atoms with Gasteiger partial charge in [0.1, 0.15) is 16.1 Å². The number of benzene rings is 2.